The van der Waals surface area contributed by atoms with E-state index < -0.39 is 0 Å². The summed E-state index contributed by atoms with van der Waals surface area (Å²) in [6.07, 6.45) is 2.07. The van der Waals surface area contributed by atoms with Crippen LogP contribution in [-0.2, 0) is 13.0 Å². The van der Waals surface area contributed by atoms with Crippen LogP contribution in [0.1, 0.15) is 23.9 Å². The number of hydrogen-bond donors (Lipinski definition) is 0. The average molecular weight is 606 g/mol. The fraction of sp³-hybridized carbons (Fsp3) is 0.160. The lowest BCUT2D eigenvalue weighted by Gasteiger charge is -2.14. The Labute approximate surface area is 218 Å². The van der Waals surface area contributed by atoms with Crippen LogP contribution < -0.4 is 15.0 Å². The van der Waals surface area contributed by atoms with Crippen LogP contribution in [0.2, 0.25) is 5.02 Å². The summed E-state index contributed by atoms with van der Waals surface area (Å²) in [6, 6.07) is 16.6. The summed E-state index contributed by atoms with van der Waals surface area (Å²) in [5, 5.41) is 5.40. The number of ether oxygens (including phenoxy) is 2. The van der Waals surface area contributed by atoms with Crippen molar-refractivity contribution in [1.29, 1.82) is 0 Å². The number of halogens is 3. The molecule has 1 aromatic heterocycles. The lowest BCUT2D eigenvalue weighted by atomic mass is 10.2. The number of aryl methyl sites for hydroxylation is 1. The second-order valence-corrected chi connectivity index (χ2v) is 9.61. The number of benzene rings is 3. The fourth-order valence-electron chi connectivity index (χ4n) is 3.39. The maximum atomic E-state index is 13.2. The van der Waals surface area contributed by atoms with Crippen molar-refractivity contribution >= 4 is 60.6 Å². The number of hydrogen-bond acceptors (Lipinski definition) is 5. The van der Waals surface area contributed by atoms with Crippen LogP contribution >= 0.6 is 43.5 Å². The molecule has 4 rings (SSSR count). The van der Waals surface area contributed by atoms with Crippen molar-refractivity contribution in [2.24, 2.45) is 5.10 Å². The minimum Gasteiger partial charge on any atom is -0.493 e. The first-order valence-electron chi connectivity index (χ1n) is 10.4. The van der Waals surface area contributed by atoms with E-state index in [-0.39, 0.29) is 5.56 Å². The summed E-state index contributed by atoms with van der Waals surface area (Å²) >= 11 is 13.2. The molecule has 0 bridgehead atoms. The minimum atomic E-state index is -0.259. The van der Waals surface area contributed by atoms with Crippen molar-refractivity contribution in [3.8, 4) is 11.5 Å². The van der Waals surface area contributed by atoms with E-state index in [1.807, 2.05) is 43.3 Å². The van der Waals surface area contributed by atoms with Gasteiger partial charge in [-0.15, -0.1) is 0 Å². The van der Waals surface area contributed by atoms with Crippen LogP contribution in [0.15, 0.2) is 73.4 Å². The third kappa shape index (κ3) is 5.35. The maximum absolute atomic E-state index is 13.2. The predicted molar refractivity (Wildman–Crippen MR) is 143 cm³/mol. The summed E-state index contributed by atoms with van der Waals surface area (Å²) in [4.78, 5) is 17.8. The largest absolute Gasteiger partial charge is 0.493 e. The normalized spacial score (nSPS) is 11.3. The number of nitrogens with zero attached hydrogens (tertiary/aromatic N) is 3. The summed E-state index contributed by atoms with van der Waals surface area (Å²) in [5.74, 6) is 1.48. The van der Waals surface area contributed by atoms with E-state index in [9.17, 15) is 4.79 Å². The van der Waals surface area contributed by atoms with E-state index in [0.29, 0.717) is 51.8 Å². The highest BCUT2D eigenvalue weighted by molar-refractivity contribution is 9.10. The Morgan fingerprint density at radius 2 is 1.82 bits per heavy atom. The molecule has 0 saturated heterocycles. The zero-order valence-electron chi connectivity index (χ0n) is 18.4. The highest BCUT2D eigenvalue weighted by Crippen LogP contribution is 2.34. The SMILES string of the molecule is CCc1nc2ccc(Br)cc2c(=O)n1N=Cc1cc(Cl)cc(OC)c1OCc1ccc(Br)cc1. The summed E-state index contributed by atoms with van der Waals surface area (Å²) in [7, 11) is 1.55. The molecule has 34 heavy (non-hydrogen) atoms. The summed E-state index contributed by atoms with van der Waals surface area (Å²) in [5.41, 5.74) is 1.92. The van der Waals surface area contributed by atoms with Crippen LogP contribution in [0, 0.1) is 0 Å². The fourth-order valence-corrected chi connectivity index (χ4v) is 4.23. The second-order valence-electron chi connectivity index (χ2n) is 7.35. The summed E-state index contributed by atoms with van der Waals surface area (Å²) < 4.78 is 14.7. The molecule has 0 aliphatic rings. The van der Waals surface area contributed by atoms with Gasteiger partial charge in [-0.05, 0) is 42.0 Å². The monoisotopic (exact) mass is 603 g/mol. The van der Waals surface area contributed by atoms with Crippen molar-refractivity contribution in [3.05, 3.63) is 95.9 Å². The van der Waals surface area contributed by atoms with E-state index in [4.69, 9.17) is 21.1 Å². The standard InChI is InChI=1S/C25H20Br2ClN3O3/c1-3-23-30-21-9-8-18(27)11-20(21)25(32)31(23)29-13-16-10-19(28)12-22(33-2)24(16)34-14-15-4-6-17(26)7-5-15/h4-13H,3,14H2,1-2H3. The molecule has 0 amide bonds. The molecule has 1 heterocycles. The third-order valence-electron chi connectivity index (χ3n) is 5.07. The van der Waals surface area contributed by atoms with Crippen molar-refractivity contribution < 1.29 is 9.47 Å². The van der Waals surface area contributed by atoms with Crippen LogP contribution in [-0.4, -0.2) is 23.0 Å². The number of methoxy groups -OCH3 is 1. The van der Waals surface area contributed by atoms with Gasteiger partial charge in [-0.25, -0.2) is 4.98 Å². The molecule has 0 aliphatic carbocycles. The molecule has 0 fully saturated rings. The molecule has 0 atom stereocenters. The van der Waals surface area contributed by atoms with Crippen molar-refractivity contribution in [3.63, 3.8) is 0 Å². The molecule has 0 radical (unpaired) electrons. The van der Waals surface area contributed by atoms with E-state index in [0.717, 1.165) is 14.5 Å². The molecule has 0 N–H and O–H groups in total. The van der Waals surface area contributed by atoms with E-state index in [1.54, 1.807) is 25.3 Å². The molecule has 9 heteroatoms. The van der Waals surface area contributed by atoms with Crippen molar-refractivity contribution in [2.75, 3.05) is 7.11 Å². The molecule has 174 valence electrons. The molecule has 3 aromatic carbocycles. The van der Waals surface area contributed by atoms with Gasteiger partial charge in [0, 0.05) is 32.0 Å². The third-order valence-corrected chi connectivity index (χ3v) is 6.31. The van der Waals surface area contributed by atoms with Gasteiger partial charge in [0.1, 0.15) is 12.4 Å². The lowest BCUT2D eigenvalue weighted by Crippen LogP contribution is -2.22. The Morgan fingerprint density at radius 3 is 2.53 bits per heavy atom. The Morgan fingerprint density at radius 1 is 1.09 bits per heavy atom. The van der Waals surface area contributed by atoms with Gasteiger partial charge in [0.25, 0.3) is 5.56 Å². The van der Waals surface area contributed by atoms with Gasteiger partial charge < -0.3 is 9.47 Å². The number of aromatic nitrogens is 2. The first-order valence-corrected chi connectivity index (χ1v) is 12.4. The van der Waals surface area contributed by atoms with Gasteiger partial charge in [0.2, 0.25) is 0 Å². The highest BCUT2D eigenvalue weighted by atomic mass is 79.9. The second kappa shape index (κ2) is 10.7. The van der Waals surface area contributed by atoms with E-state index in [2.05, 4.69) is 41.9 Å². The Hall–Kier alpha value is -2.68. The lowest BCUT2D eigenvalue weighted by molar-refractivity contribution is 0.284. The Bertz CT molecular complexity index is 1440. The van der Waals surface area contributed by atoms with E-state index >= 15 is 0 Å². The molecule has 0 saturated carbocycles. The maximum Gasteiger partial charge on any atom is 0.282 e. The van der Waals surface area contributed by atoms with Gasteiger partial charge in [-0.2, -0.15) is 9.78 Å². The zero-order chi connectivity index (χ0) is 24.2. The average Bonchev–Trinajstić information content (AvgIpc) is 2.83. The molecule has 6 nitrogen and oxygen atoms in total. The summed E-state index contributed by atoms with van der Waals surface area (Å²) in [6.45, 7) is 2.24. The number of fused-ring (bicyclic) bond motifs is 1. The molecule has 0 spiro atoms. The molecular weight excluding hydrogens is 586 g/mol. The predicted octanol–water partition coefficient (Wildman–Crippen LogP) is 6.61. The molecule has 4 aromatic rings. The van der Waals surface area contributed by atoms with Gasteiger partial charge >= 0.3 is 0 Å². The van der Waals surface area contributed by atoms with Crippen LogP contribution in [0.25, 0.3) is 10.9 Å². The van der Waals surface area contributed by atoms with Crippen LogP contribution in [0.4, 0.5) is 0 Å². The van der Waals surface area contributed by atoms with Crippen molar-refractivity contribution in [1.82, 2.24) is 9.66 Å². The molecular formula is C25H20Br2ClN3O3. The van der Waals surface area contributed by atoms with Crippen LogP contribution in [0.3, 0.4) is 0 Å². The van der Waals surface area contributed by atoms with Gasteiger partial charge in [0.15, 0.2) is 11.5 Å². The van der Waals surface area contributed by atoms with Crippen molar-refractivity contribution in [2.45, 2.75) is 20.0 Å². The first kappa shape index (κ1) is 24.4. The van der Waals surface area contributed by atoms with Gasteiger partial charge in [-0.3, -0.25) is 4.79 Å². The zero-order valence-corrected chi connectivity index (χ0v) is 22.3. The minimum absolute atomic E-state index is 0.259. The van der Waals surface area contributed by atoms with E-state index in [1.165, 1.54) is 10.9 Å². The van der Waals surface area contributed by atoms with Gasteiger partial charge in [0.05, 0.1) is 24.2 Å². The van der Waals surface area contributed by atoms with Gasteiger partial charge in [-0.1, -0.05) is 62.5 Å². The smallest absolute Gasteiger partial charge is 0.282 e. The molecule has 0 unspecified atom stereocenters. The number of rotatable bonds is 7. The topological polar surface area (TPSA) is 65.7 Å². The quantitative estimate of drug-likeness (QED) is 0.223. The first-order chi connectivity index (χ1) is 16.4. The Kier molecular flexibility index (Phi) is 7.70. The molecule has 0 aliphatic heterocycles. The highest BCUT2D eigenvalue weighted by Gasteiger charge is 2.14. The Balaban J connectivity index is 1.76. The van der Waals surface area contributed by atoms with Crippen LogP contribution in [0.5, 0.6) is 11.5 Å².